The van der Waals surface area contributed by atoms with Crippen molar-refractivity contribution in [2.75, 3.05) is 0 Å². The number of hydrogen-bond donors (Lipinski definition) is 0. The minimum absolute atomic E-state index is 0. The van der Waals surface area contributed by atoms with Crippen molar-refractivity contribution in [3.63, 3.8) is 0 Å². The average molecular weight is 340 g/mol. The molecule has 0 aromatic heterocycles. The Kier molecular flexibility index (Phi) is 95.6. The van der Waals surface area contributed by atoms with Crippen molar-refractivity contribution in [2.24, 2.45) is 0 Å². The maximum atomic E-state index is 7.94. The second kappa shape index (κ2) is 22.2. The predicted molar refractivity (Wildman–Crippen MR) is 6.44 cm³/mol. The molecule has 0 fully saturated rings. The standard InChI is InChI=1S/Bi.Co.Fe.O. The molecule has 0 rings (SSSR count). The Morgan fingerprint density at radius 3 is 1.25 bits per heavy atom. The van der Waals surface area contributed by atoms with Gasteiger partial charge < -0.3 is 0 Å². The van der Waals surface area contributed by atoms with E-state index in [0.717, 1.165) is 0 Å². The van der Waals surface area contributed by atoms with Crippen LogP contribution in [0.3, 0.4) is 0 Å². The molecule has 0 bridgehead atoms. The molecule has 1 nitrogen and oxygen atoms in total. The third kappa shape index (κ3) is 9.32. The van der Waals surface area contributed by atoms with Gasteiger partial charge in [-0.05, 0) is 0 Å². The summed E-state index contributed by atoms with van der Waals surface area (Å²) >= 11 is 2.31. The Balaban J connectivity index is -0.00000000500. The van der Waals surface area contributed by atoms with Crippen molar-refractivity contribution in [3.8, 4) is 0 Å². The molecule has 0 aliphatic heterocycles. The Labute approximate surface area is 62.3 Å². The SMILES string of the molecule is [Bi].[Fe].[O]=[Co]. The van der Waals surface area contributed by atoms with Gasteiger partial charge in [-0.3, -0.25) is 0 Å². The fraction of sp³-hybridized carbons (Fsp3) is 0. The van der Waals surface area contributed by atoms with E-state index in [9.17, 15) is 0 Å². The third-order valence-electron chi connectivity index (χ3n) is 0. The normalized spacial score (nSPS) is 1.25. The van der Waals surface area contributed by atoms with Crippen molar-refractivity contribution in [1.82, 2.24) is 0 Å². The van der Waals surface area contributed by atoms with E-state index in [2.05, 4.69) is 15.7 Å². The molecule has 0 aromatic rings. The monoisotopic (exact) mass is 340 g/mol. The zero-order chi connectivity index (χ0) is 2.00. The summed E-state index contributed by atoms with van der Waals surface area (Å²) < 4.78 is 7.94. The van der Waals surface area contributed by atoms with E-state index >= 15 is 0 Å². The van der Waals surface area contributed by atoms with Crippen molar-refractivity contribution in [3.05, 3.63) is 0 Å². The summed E-state index contributed by atoms with van der Waals surface area (Å²) in [7, 11) is 0. The molecule has 0 N–H and O–H groups in total. The van der Waals surface area contributed by atoms with Gasteiger partial charge in [0, 0.05) is 43.3 Å². The Morgan fingerprint density at radius 1 is 1.25 bits per heavy atom. The molecule has 3 radical (unpaired) electrons. The fourth-order valence-corrected chi connectivity index (χ4v) is 0. The molecular formula is BiCoFeO. The molecule has 0 saturated heterocycles. The zero-order valence-electron chi connectivity index (χ0n) is 1.54. The Morgan fingerprint density at radius 2 is 1.25 bits per heavy atom. The van der Waals surface area contributed by atoms with Crippen LogP contribution in [0.4, 0.5) is 0 Å². The molecular weight excluding hydrogens is 340 g/mol. The number of rotatable bonds is 0. The Hall–Kier alpha value is 1.71. The first kappa shape index (κ1) is 17.3. The van der Waals surface area contributed by atoms with Gasteiger partial charge in [-0.25, -0.2) is 0 Å². The molecule has 4 heavy (non-hydrogen) atoms. The molecule has 0 unspecified atom stereocenters. The summed E-state index contributed by atoms with van der Waals surface area (Å²) in [6.07, 6.45) is 0. The maximum absolute atomic E-state index is 7.94. The van der Waals surface area contributed by atoms with Gasteiger partial charge in [0.1, 0.15) is 0 Å². The fourth-order valence-electron chi connectivity index (χ4n) is 0. The van der Waals surface area contributed by atoms with Crippen LogP contribution in [-0.4, -0.2) is 26.2 Å². The van der Waals surface area contributed by atoms with Crippen LogP contribution >= 0.6 is 0 Å². The Bertz CT molecular complexity index is 8.00. The summed E-state index contributed by atoms with van der Waals surface area (Å²) in [6, 6.07) is 0. The third-order valence-corrected chi connectivity index (χ3v) is 0. The molecule has 0 aromatic carbocycles. The van der Waals surface area contributed by atoms with Crippen LogP contribution < -0.4 is 0 Å². The van der Waals surface area contributed by atoms with E-state index in [1.54, 1.807) is 0 Å². The zero-order valence-corrected chi connectivity index (χ0v) is 7.16. The summed E-state index contributed by atoms with van der Waals surface area (Å²) in [5, 5.41) is 0. The van der Waals surface area contributed by atoms with Crippen LogP contribution in [0.5, 0.6) is 0 Å². The predicted octanol–water partition coefficient (Wildman–Crippen LogP) is -0.505. The first-order chi connectivity index (χ1) is 1.00. The number of hydrogen-bond acceptors (Lipinski definition) is 1. The van der Waals surface area contributed by atoms with Gasteiger partial charge >= 0.3 is 19.5 Å². The van der Waals surface area contributed by atoms with E-state index in [-0.39, 0.29) is 43.3 Å². The van der Waals surface area contributed by atoms with Crippen molar-refractivity contribution in [2.45, 2.75) is 0 Å². The molecule has 0 aliphatic carbocycles. The van der Waals surface area contributed by atoms with Gasteiger partial charge in [0.25, 0.3) is 0 Å². The van der Waals surface area contributed by atoms with Crippen LogP contribution in [0.2, 0.25) is 0 Å². The van der Waals surface area contributed by atoms with Crippen LogP contribution in [0.1, 0.15) is 0 Å². The van der Waals surface area contributed by atoms with Crippen LogP contribution in [0.15, 0.2) is 0 Å². The van der Waals surface area contributed by atoms with Crippen LogP contribution in [0, 0.1) is 0 Å². The van der Waals surface area contributed by atoms with E-state index in [0.29, 0.717) is 0 Å². The summed E-state index contributed by atoms with van der Waals surface area (Å²) in [5.74, 6) is 0. The summed E-state index contributed by atoms with van der Waals surface area (Å²) in [6.45, 7) is 0. The molecule has 0 spiro atoms. The van der Waals surface area contributed by atoms with Crippen LogP contribution in [-0.2, 0) is 36.6 Å². The van der Waals surface area contributed by atoms with E-state index in [1.165, 1.54) is 0 Å². The molecule has 0 atom stereocenters. The molecule has 28 valence electrons. The van der Waals surface area contributed by atoms with Crippen LogP contribution in [0.25, 0.3) is 0 Å². The molecule has 0 aliphatic rings. The average Bonchev–Trinajstić information content (AvgIpc) is 1.00. The second-order valence-electron chi connectivity index (χ2n) is 0. The summed E-state index contributed by atoms with van der Waals surface area (Å²) in [5.41, 5.74) is 0. The van der Waals surface area contributed by atoms with Crippen molar-refractivity contribution >= 4 is 26.2 Å². The van der Waals surface area contributed by atoms with E-state index in [4.69, 9.17) is 3.87 Å². The minimum atomic E-state index is 0. The molecule has 0 amide bonds. The second-order valence-corrected chi connectivity index (χ2v) is 0. The first-order valence-corrected chi connectivity index (χ1v) is 0.561. The molecule has 4 heteroatoms. The van der Waals surface area contributed by atoms with E-state index < -0.39 is 0 Å². The van der Waals surface area contributed by atoms with Gasteiger partial charge in [0.05, 0.1) is 0 Å². The van der Waals surface area contributed by atoms with Gasteiger partial charge in [0.15, 0.2) is 0 Å². The summed E-state index contributed by atoms with van der Waals surface area (Å²) in [4.78, 5) is 0. The van der Waals surface area contributed by atoms with Gasteiger partial charge in [-0.15, -0.1) is 0 Å². The van der Waals surface area contributed by atoms with Gasteiger partial charge in [0.2, 0.25) is 0 Å². The quantitative estimate of drug-likeness (QED) is 0.544. The topological polar surface area (TPSA) is 17.1 Å². The molecule has 0 heterocycles. The van der Waals surface area contributed by atoms with Crippen molar-refractivity contribution in [1.29, 1.82) is 0 Å². The first-order valence-electron chi connectivity index (χ1n) is 0.136. The van der Waals surface area contributed by atoms with E-state index in [1.807, 2.05) is 0 Å². The van der Waals surface area contributed by atoms with Crippen molar-refractivity contribution < 1.29 is 36.6 Å². The van der Waals surface area contributed by atoms with Gasteiger partial charge in [-0.1, -0.05) is 0 Å². The van der Waals surface area contributed by atoms with Gasteiger partial charge in [-0.2, -0.15) is 0 Å². The molecule has 0 saturated carbocycles.